The van der Waals surface area contributed by atoms with Gasteiger partial charge in [-0.1, -0.05) is 38.0 Å². The molecule has 1 aromatic rings. The molecule has 0 radical (unpaired) electrons. The fourth-order valence-corrected chi connectivity index (χ4v) is 4.25. The van der Waals surface area contributed by atoms with E-state index in [4.69, 9.17) is 0 Å². The van der Waals surface area contributed by atoms with Gasteiger partial charge in [-0.15, -0.1) is 0 Å². The Morgan fingerprint density at radius 1 is 1.04 bits per heavy atom. The van der Waals surface area contributed by atoms with E-state index >= 15 is 0 Å². The average Bonchev–Trinajstić information content (AvgIpc) is 2.65. The van der Waals surface area contributed by atoms with E-state index in [1.807, 2.05) is 30.3 Å². The summed E-state index contributed by atoms with van der Waals surface area (Å²) in [6, 6.07) is 9.97. The van der Waals surface area contributed by atoms with Gasteiger partial charge in [-0.3, -0.25) is 9.59 Å². The van der Waals surface area contributed by atoms with Crippen LogP contribution in [-0.4, -0.2) is 37.5 Å². The number of benzene rings is 1. The van der Waals surface area contributed by atoms with Crippen LogP contribution in [0.2, 0.25) is 0 Å². The molecule has 26 heavy (non-hydrogen) atoms. The fraction of sp³-hybridized carbons (Fsp3) is 0.619. The summed E-state index contributed by atoms with van der Waals surface area (Å²) in [5.74, 6) is 0.928. The molecule has 2 fully saturated rings. The minimum absolute atomic E-state index is 0.0559. The first kappa shape index (κ1) is 18.9. The molecule has 1 heterocycles. The summed E-state index contributed by atoms with van der Waals surface area (Å²) in [4.78, 5) is 26.1. The van der Waals surface area contributed by atoms with Gasteiger partial charge in [0.2, 0.25) is 5.91 Å². The zero-order chi connectivity index (χ0) is 18.4. The normalized spacial score (nSPS) is 29.0. The van der Waals surface area contributed by atoms with Crippen molar-refractivity contribution in [2.45, 2.75) is 51.5 Å². The predicted octanol–water partition coefficient (Wildman–Crippen LogP) is 1.61. The topological polar surface area (TPSA) is 62.6 Å². The molecule has 3 N–H and O–H groups in total. The molecular weight excluding hydrogens is 326 g/mol. The van der Waals surface area contributed by atoms with Crippen LogP contribution in [0.4, 0.5) is 5.69 Å². The number of carbonyl (C=O) groups is 2. The summed E-state index contributed by atoms with van der Waals surface area (Å²) in [6.07, 6.45) is 6.55. The monoisotopic (exact) mass is 358 g/mol. The lowest BCUT2D eigenvalue weighted by Crippen LogP contribution is -3.14. The number of anilines is 1. The van der Waals surface area contributed by atoms with E-state index in [0.717, 1.165) is 38.0 Å². The molecule has 0 bridgehead atoms. The van der Waals surface area contributed by atoms with Crippen LogP contribution in [0, 0.1) is 11.8 Å². The van der Waals surface area contributed by atoms with Gasteiger partial charge < -0.3 is 15.5 Å². The Bertz CT molecular complexity index is 597. The van der Waals surface area contributed by atoms with Crippen molar-refractivity contribution in [1.82, 2.24) is 5.32 Å². The second-order valence-corrected chi connectivity index (χ2v) is 7.99. The van der Waals surface area contributed by atoms with Crippen molar-refractivity contribution in [1.29, 1.82) is 0 Å². The van der Waals surface area contributed by atoms with Crippen molar-refractivity contribution in [2.75, 3.05) is 25.0 Å². The van der Waals surface area contributed by atoms with Gasteiger partial charge in [0.25, 0.3) is 5.91 Å². The second kappa shape index (κ2) is 9.17. The highest BCUT2D eigenvalue weighted by Crippen LogP contribution is 2.23. The van der Waals surface area contributed by atoms with E-state index in [1.165, 1.54) is 24.2 Å². The molecule has 2 amide bonds. The molecular formula is C21H32N3O2+. The third-order valence-electron chi connectivity index (χ3n) is 5.97. The van der Waals surface area contributed by atoms with Crippen LogP contribution in [0.5, 0.6) is 0 Å². The lowest BCUT2D eigenvalue weighted by molar-refractivity contribution is -0.897. The Morgan fingerprint density at radius 3 is 2.42 bits per heavy atom. The molecule has 0 unspecified atom stereocenters. The molecule has 0 spiro atoms. The lowest BCUT2D eigenvalue weighted by atomic mass is 9.86. The van der Waals surface area contributed by atoms with Gasteiger partial charge in [-0.05, 0) is 30.9 Å². The number of para-hydroxylation sites is 1. The fourth-order valence-electron chi connectivity index (χ4n) is 4.25. The Kier molecular flexibility index (Phi) is 6.67. The van der Waals surface area contributed by atoms with Crippen molar-refractivity contribution >= 4 is 17.5 Å². The Labute approximate surface area is 156 Å². The van der Waals surface area contributed by atoms with Gasteiger partial charge in [0, 0.05) is 30.5 Å². The number of rotatable bonds is 5. The van der Waals surface area contributed by atoms with E-state index in [2.05, 4.69) is 17.6 Å². The van der Waals surface area contributed by atoms with E-state index < -0.39 is 0 Å². The summed E-state index contributed by atoms with van der Waals surface area (Å²) in [5.41, 5.74) is 0.855. The molecule has 2 atom stereocenters. The standard InChI is InChI=1S/C21H31N3O2/c1-16-7-5-6-10-19(16)23-20(25)15-24-13-11-17(12-14-24)21(26)22-18-8-3-2-4-9-18/h2-4,8-9,16-17,19H,5-7,10-15H2,1H3,(H,22,26)(H,23,25)/p+1/t16-,19-/m0/s1. The van der Waals surface area contributed by atoms with Crippen molar-refractivity contribution in [3.63, 3.8) is 0 Å². The van der Waals surface area contributed by atoms with E-state index in [9.17, 15) is 9.59 Å². The van der Waals surface area contributed by atoms with Crippen LogP contribution in [-0.2, 0) is 9.59 Å². The van der Waals surface area contributed by atoms with Crippen molar-refractivity contribution in [3.8, 4) is 0 Å². The maximum absolute atomic E-state index is 12.4. The summed E-state index contributed by atoms with van der Waals surface area (Å²) < 4.78 is 0. The number of nitrogens with one attached hydrogen (secondary N) is 3. The number of carbonyl (C=O) groups excluding carboxylic acids is 2. The smallest absolute Gasteiger partial charge is 0.275 e. The molecule has 5 nitrogen and oxygen atoms in total. The molecule has 5 heteroatoms. The van der Waals surface area contributed by atoms with Gasteiger partial charge in [-0.2, -0.15) is 0 Å². The molecule has 1 saturated carbocycles. The SMILES string of the molecule is C[C@H]1CCCC[C@@H]1NC(=O)C[NH+]1CCC(C(=O)Nc2ccccc2)CC1. The predicted molar refractivity (Wildman–Crippen MR) is 103 cm³/mol. The maximum Gasteiger partial charge on any atom is 0.275 e. The van der Waals surface area contributed by atoms with Crippen LogP contribution in [0.1, 0.15) is 45.4 Å². The number of hydrogen-bond donors (Lipinski definition) is 3. The Balaban J connectivity index is 1.39. The number of piperidine rings is 1. The number of quaternary nitrogens is 1. The van der Waals surface area contributed by atoms with E-state index in [-0.39, 0.29) is 17.7 Å². The van der Waals surface area contributed by atoms with Crippen molar-refractivity contribution < 1.29 is 14.5 Å². The van der Waals surface area contributed by atoms with Crippen LogP contribution in [0.15, 0.2) is 30.3 Å². The highest BCUT2D eigenvalue weighted by Gasteiger charge is 2.30. The largest absolute Gasteiger partial charge is 0.348 e. The Morgan fingerprint density at radius 2 is 1.73 bits per heavy atom. The first-order valence-corrected chi connectivity index (χ1v) is 10.1. The van der Waals surface area contributed by atoms with Crippen LogP contribution < -0.4 is 15.5 Å². The first-order valence-electron chi connectivity index (χ1n) is 10.1. The molecule has 2 aliphatic rings. The summed E-state index contributed by atoms with van der Waals surface area (Å²) in [6.45, 7) is 4.56. The van der Waals surface area contributed by atoms with Crippen LogP contribution in [0.25, 0.3) is 0 Å². The maximum atomic E-state index is 12.4. The minimum atomic E-state index is 0.0559. The molecule has 1 aliphatic heterocycles. The summed E-state index contributed by atoms with van der Waals surface area (Å²) in [7, 11) is 0. The highest BCUT2D eigenvalue weighted by atomic mass is 16.2. The number of likely N-dealkylation sites (tertiary alicyclic amines) is 1. The Hall–Kier alpha value is -1.88. The van der Waals surface area contributed by atoms with Crippen molar-refractivity contribution in [3.05, 3.63) is 30.3 Å². The van der Waals surface area contributed by atoms with Gasteiger partial charge in [0.05, 0.1) is 13.1 Å². The molecule has 1 saturated heterocycles. The minimum Gasteiger partial charge on any atom is -0.348 e. The molecule has 0 aromatic heterocycles. The average molecular weight is 359 g/mol. The van der Waals surface area contributed by atoms with E-state index in [1.54, 1.807) is 0 Å². The van der Waals surface area contributed by atoms with Gasteiger partial charge in [-0.25, -0.2) is 0 Å². The van der Waals surface area contributed by atoms with E-state index in [0.29, 0.717) is 18.5 Å². The molecule has 3 rings (SSSR count). The molecule has 1 aromatic carbocycles. The van der Waals surface area contributed by atoms with Gasteiger partial charge in [0.1, 0.15) is 0 Å². The number of amides is 2. The van der Waals surface area contributed by atoms with Crippen molar-refractivity contribution in [2.24, 2.45) is 11.8 Å². The first-order chi connectivity index (χ1) is 12.6. The quantitative estimate of drug-likeness (QED) is 0.749. The van der Waals surface area contributed by atoms with Crippen LogP contribution >= 0.6 is 0 Å². The lowest BCUT2D eigenvalue weighted by Gasteiger charge is -2.31. The third-order valence-corrected chi connectivity index (χ3v) is 5.97. The van der Waals surface area contributed by atoms with Gasteiger partial charge >= 0.3 is 0 Å². The molecule has 1 aliphatic carbocycles. The summed E-state index contributed by atoms with van der Waals surface area (Å²) in [5, 5.41) is 6.24. The highest BCUT2D eigenvalue weighted by molar-refractivity contribution is 5.92. The van der Waals surface area contributed by atoms with Gasteiger partial charge in [0.15, 0.2) is 6.54 Å². The zero-order valence-corrected chi connectivity index (χ0v) is 15.8. The second-order valence-electron chi connectivity index (χ2n) is 7.99. The third kappa shape index (κ3) is 5.31. The number of hydrogen-bond acceptors (Lipinski definition) is 2. The van der Waals surface area contributed by atoms with Crippen LogP contribution in [0.3, 0.4) is 0 Å². The molecule has 142 valence electrons. The summed E-state index contributed by atoms with van der Waals surface area (Å²) >= 11 is 0. The zero-order valence-electron chi connectivity index (χ0n) is 15.8.